The second-order valence-corrected chi connectivity index (χ2v) is 5.30. The van der Waals surface area contributed by atoms with E-state index >= 15 is 0 Å². The monoisotopic (exact) mass is 282 g/mol. The third-order valence-electron chi connectivity index (χ3n) is 3.08. The van der Waals surface area contributed by atoms with Gasteiger partial charge in [0.25, 0.3) is 0 Å². The number of hydrogen-bond acceptors (Lipinski definition) is 3. The molecular weight excluding hydrogens is 262 g/mol. The number of ether oxygens (including phenoxy) is 1. The van der Waals surface area contributed by atoms with Gasteiger partial charge in [0.05, 0.1) is 6.61 Å². The van der Waals surface area contributed by atoms with Gasteiger partial charge in [0, 0.05) is 23.5 Å². The van der Waals surface area contributed by atoms with E-state index in [1.165, 1.54) is 0 Å². The Morgan fingerprint density at radius 1 is 1.10 bits per heavy atom. The van der Waals surface area contributed by atoms with Crippen LogP contribution in [0.5, 0.6) is 5.75 Å². The molecule has 0 spiro atoms. The van der Waals surface area contributed by atoms with Crippen LogP contribution in [0.4, 0.5) is 17.1 Å². The quantitative estimate of drug-likeness (QED) is 0.727. The molecule has 0 unspecified atom stereocenters. The lowest BCUT2D eigenvalue weighted by molar-refractivity contribution is 0.291. The van der Waals surface area contributed by atoms with Gasteiger partial charge in [-0.3, -0.25) is 0 Å². The molecule has 4 nitrogen and oxygen atoms in total. The summed E-state index contributed by atoms with van der Waals surface area (Å²) in [4.78, 5) is 3.26. The lowest BCUT2D eigenvalue weighted by Gasteiger charge is -2.09. The lowest BCUT2D eigenvalue weighted by atomic mass is 10.1. The van der Waals surface area contributed by atoms with E-state index < -0.39 is 0 Å². The van der Waals surface area contributed by atoms with Crippen LogP contribution in [0.1, 0.15) is 20.3 Å². The Hall–Kier alpha value is -2.54. The Morgan fingerprint density at radius 2 is 1.86 bits per heavy atom. The summed E-state index contributed by atoms with van der Waals surface area (Å²) in [7, 11) is 0. The fraction of sp³-hybridized carbons (Fsp3) is 0.294. The van der Waals surface area contributed by atoms with Gasteiger partial charge in [-0.2, -0.15) is 0 Å². The third-order valence-corrected chi connectivity index (χ3v) is 3.08. The third kappa shape index (κ3) is 4.50. The molecular formula is C17H20N3O+. The van der Waals surface area contributed by atoms with Crippen molar-refractivity contribution >= 4 is 17.1 Å². The zero-order valence-electron chi connectivity index (χ0n) is 12.4. The van der Waals surface area contributed by atoms with Crippen LogP contribution in [-0.2, 0) is 0 Å². The largest absolute Gasteiger partial charge is 0.486 e. The maximum atomic E-state index is 9.03. The lowest BCUT2D eigenvalue weighted by Crippen LogP contribution is -2.01. The molecule has 21 heavy (non-hydrogen) atoms. The summed E-state index contributed by atoms with van der Waals surface area (Å²) < 4.78 is 5.72. The van der Waals surface area contributed by atoms with Gasteiger partial charge in [0.1, 0.15) is 0 Å². The van der Waals surface area contributed by atoms with E-state index in [9.17, 15) is 0 Å². The predicted molar refractivity (Wildman–Crippen MR) is 85.9 cm³/mol. The number of para-hydroxylation sites is 1. The molecule has 2 rings (SSSR count). The minimum absolute atomic E-state index is 0.442. The summed E-state index contributed by atoms with van der Waals surface area (Å²) in [5.74, 6) is 1.16. The number of nitrogens with one attached hydrogen (secondary N) is 1. The predicted octanol–water partition coefficient (Wildman–Crippen LogP) is 5.34. The minimum atomic E-state index is 0.442. The highest BCUT2D eigenvalue weighted by Crippen LogP contribution is 2.32. The average Bonchev–Trinajstić information content (AvgIpc) is 2.48. The summed E-state index contributed by atoms with van der Waals surface area (Å²) in [6.07, 6.45) is 0.960. The fourth-order valence-electron chi connectivity index (χ4n) is 1.88. The van der Waals surface area contributed by atoms with Crippen LogP contribution in [0.3, 0.4) is 0 Å². The summed E-state index contributed by atoms with van der Waals surface area (Å²) >= 11 is 0. The maximum Gasteiger partial charge on any atom is 0.426 e. The van der Waals surface area contributed by atoms with Crippen LogP contribution in [0.25, 0.3) is 4.98 Å². The first-order valence-electron chi connectivity index (χ1n) is 7.13. The topological polar surface area (TPSA) is 49.4 Å². The molecule has 2 aromatic carbocycles. The molecule has 0 aromatic heterocycles. The van der Waals surface area contributed by atoms with Crippen LogP contribution >= 0.6 is 0 Å². The van der Waals surface area contributed by atoms with Gasteiger partial charge in [-0.1, -0.05) is 32.0 Å². The van der Waals surface area contributed by atoms with Crippen molar-refractivity contribution in [3.8, 4) is 5.75 Å². The van der Waals surface area contributed by atoms with Crippen molar-refractivity contribution in [1.82, 2.24) is 0 Å². The van der Waals surface area contributed by atoms with Crippen molar-refractivity contribution in [2.24, 2.45) is 5.92 Å². The molecule has 0 radical (unpaired) electrons. The Morgan fingerprint density at radius 3 is 2.52 bits per heavy atom. The maximum absolute atomic E-state index is 9.03. The second kappa shape index (κ2) is 7.30. The van der Waals surface area contributed by atoms with Gasteiger partial charge in [-0.05, 0) is 30.5 Å². The van der Waals surface area contributed by atoms with Crippen molar-refractivity contribution in [2.75, 3.05) is 11.9 Å². The molecule has 1 N–H and O–H groups in total. The molecule has 0 aliphatic carbocycles. The van der Waals surface area contributed by atoms with Crippen molar-refractivity contribution in [3.05, 3.63) is 53.5 Å². The highest BCUT2D eigenvalue weighted by Gasteiger charge is 2.16. The van der Waals surface area contributed by atoms with Crippen LogP contribution < -0.4 is 10.1 Å². The van der Waals surface area contributed by atoms with E-state index in [0.717, 1.165) is 17.8 Å². The van der Waals surface area contributed by atoms with Crippen LogP contribution in [0, 0.1) is 11.3 Å². The molecule has 108 valence electrons. The molecule has 0 aliphatic heterocycles. The average molecular weight is 282 g/mol. The van der Waals surface area contributed by atoms with Gasteiger partial charge < -0.3 is 10.1 Å². The normalized spacial score (nSPS) is 10.2. The summed E-state index contributed by atoms with van der Waals surface area (Å²) in [5, 5.41) is 12.3. The van der Waals surface area contributed by atoms with Gasteiger partial charge in [0.2, 0.25) is 11.1 Å². The number of hydrogen-bond donors (Lipinski definition) is 1. The van der Waals surface area contributed by atoms with E-state index in [1.54, 1.807) is 6.07 Å². The fourth-order valence-corrected chi connectivity index (χ4v) is 1.88. The van der Waals surface area contributed by atoms with E-state index in [0.29, 0.717) is 24.0 Å². The molecule has 0 heterocycles. The van der Waals surface area contributed by atoms with Gasteiger partial charge >= 0.3 is 5.69 Å². The Bertz CT molecular complexity index is 618. The summed E-state index contributed by atoms with van der Waals surface area (Å²) in [6, 6.07) is 15.3. The Balaban J connectivity index is 2.11. The van der Waals surface area contributed by atoms with Crippen molar-refractivity contribution in [2.45, 2.75) is 20.3 Å². The second-order valence-electron chi connectivity index (χ2n) is 5.30. The molecule has 0 amide bonds. The van der Waals surface area contributed by atoms with E-state index in [4.69, 9.17) is 10.1 Å². The van der Waals surface area contributed by atoms with Gasteiger partial charge in [-0.25, -0.2) is 0 Å². The first kappa shape index (κ1) is 14.9. The molecule has 0 atom stereocenters. The Labute approximate surface area is 125 Å². The highest BCUT2D eigenvalue weighted by atomic mass is 16.5. The minimum Gasteiger partial charge on any atom is -0.486 e. The zero-order chi connectivity index (χ0) is 15.1. The molecule has 0 saturated heterocycles. The van der Waals surface area contributed by atoms with Gasteiger partial charge in [-0.15, -0.1) is 0 Å². The van der Waals surface area contributed by atoms with Crippen molar-refractivity contribution in [3.63, 3.8) is 0 Å². The van der Waals surface area contributed by atoms with Gasteiger partial charge in [0.15, 0.2) is 4.98 Å². The number of anilines is 2. The first-order valence-corrected chi connectivity index (χ1v) is 7.13. The summed E-state index contributed by atoms with van der Waals surface area (Å²) in [6.45, 7) is 4.90. The number of benzene rings is 2. The molecule has 4 heteroatoms. The number of rotatable bonds is 6. The van der Waals surface area contributed by atoms with Crippen molar-refractivity contribution < 1.29 is 4.74 Å². The van der Waals surface area contributed by atoms with Crippen LogP contribution in [-0.4, -0.2) is 6.61 Å². The SMILES string of the molecule is CC(C)CCOc1cc(Nc2ccccc2)ccc1[N+]#N. The van der Waals surface area contributed by atoms with Crippen LogP contribution in [0.2, 0.25) is 0 Å². The molecule has 0 aliphatic rings. The molecule has 0 saturated carbocycles. The number of nitrogens with zero attached hydrogens (tertiary/aromatic N) is 2. The zero-order valence-corrected chi connectivity index (χ0v) is 12.4. The standard InChI is InChI=1S/C17H20N3O/c1-13(2)10-11-21-17-12-15(8-9-16(17)20-18)19-14-6-4-3-5-7-14/h3-9,12-13,19H,10-11H2,1-2H3/q+1. The first-order chi connectivity index (χ1) is 10.2. The highest BCUT2D eigenvalue weighted by molar-refractivity contribution is 5.68. The van der Waals surface area contributed by atoms with E-state index in [-0.39, 0.29) is 0 Å². The smallest absolute Gasteiger partial charge is 0.426 e. The molecule has 2 aromatic rings. The Kier molecular flexibility index (Phi) is 5.16. The van der Waals surface area contributed by atoms with Crippen molar-refractivity contribution in [1.29, 1.82) is 5.39 Å². The molecule has 0 bridgehead atoms. The van der Waals surface area contributed by atoms with E-state index in [1.807, 2.05) is 42.5 Å². The van der Waals surface area contributed by atoms with E-state index in [2.05, 4.69) is 24.1 Å². The summed E-state index contributed by atoms with van der Waals surface area (Å²) in [5.41, 5.74) is 2.34. The van der Waals surface area contributed by atoms with Crippen LogP contribution in [0.15, 0.2) is 48.5 Å². The molecule has 0 fully saturated rings. The number of diazo groups is 1.